The summed E-state index contributed by atoms with van der Waals surface area (Å²) in [6, 6.07) is 10.0. The van der Waals surface area contributed by atoms with Gasteiger partial charge in [0.05, 0.1) is 13.4 Å². The number of furan rings is 1. The third-order valence-corrected chi connectivity index (χ3v) is 3.05. The van der Waals surface area contributed by atoms with Crippen LogP contribution in [-0.2, 0) is 4.79 Å². The number of rotatable bonds is 6. The fraction of sp³-hybridized carbons (Fsp3) is 0.125. The van der Waals surface area contributed by atoms with Crippen LogP contribution in [0.1, 0.15) is 22.5 Å². The van der Waals surface area contributed by atoms with Crippen LogP contribution in [0.4, 0.5) is 0 Å². The molecule has 114 valence electrons. The van der Waals surface area contributed by atoms with E-state index in [1.165, 1.54) is 12.3 Å². The first-order valence-electron chi connectivity index (χ1n) is 6.56. The highest BCUT2D eigenvalue weighted by atomic mass is 16.5. The fourth-order valence-corrected chi connectivity index (χ4v) is 1.89. The first-order chi connectivity index (χ1) is 10.6. The molecule has 22 heavy (non-hydrogen) atoms. The second-order valence-corrected chi connectivity index (χ2v) is 4.49. The number of Topliss-reactive ketones (excluding diaryl/α,β-unsaturated/α-hetero) is 1. The fourth-order valence-electron chi connectivity index (χ4n) is 1.89. The maximum absolute atomic E-state index is 12.3. The Morgan fingerprint density at radius 3 is 2.55 bits per heavy atom. The van der Waals surface area contributed by atoms with Crippen molar-refractivity contribution in [2.24, 2.45) is 5.84 Å². The van der Waals surface area contributed by atoms with Gasteiger partial charge in [0.15, 0.2) is 5.78 Å². The van der Waals surface area contributed by atoms with E-state index in [4.69, 9.17) is 15.0 Å². The second-order valence-electron chi connectivity index (χ2n) is 4.49. The number of amides is 1. The van der Waals surface area contributed by atoms with Crippen molar-refractivity contribution in [2.45, 2.75) is 6.42 Å². The summed E-state index contributed by atoms with van der Waals surface area (Å²) < 4.78 is 10.2. The number of nitrogens with one attached hydrogen (secondary N) is 1. The van der Waals surface area contributed by atoms with Crippen LogP contribution in [0.5, 0.6) is 5.75 Å². The first-order valence-corrected chi connectivity index (χ1v) is 6.56. The molecular weight excluding hydrogens is 284 g/mol. The molecule has 6 heteroatoms. The van der Waals surface area contributed by atoms with E-state index in [0.717, 1.165) is 0 Å². The Balaban J connectivity index is 2.19. The van der Waals surface area contributed by atoms with Crippen LogP contribution in [0.15, 0.2) is 52.7 Å². The molecule has 1 heterocycles. The molecule has 2 rings (SSSR count). The molecular formula is C16H16N2O4. The largest absolute Gasteiger partial charge is 0.497 e. The van der Waals surface area contributed by atoms with Gasteiger partial charge in [0.25, 0.3) is 5.91 Å². The Kier molecular flexibility index (Phi) is 5.11. The topological polar surface area (TPSA) is 94.6 Å². The number of carbonyl (C=O) groups is 2. The van der Waals surface area contributed by atoms with Gasteiger partial charge in [-0.1, -0.05) is 0 Å². The minimum absolute atomic E-state index is 0.0872. The predicted molar refractivity (Wildman–Crippen MR) is 81.0 cm³/mol. The molecule has 6 nitrogen and oxygen atoms in total. The standard InChI is InChI=1S/C16H16N2O4/c1-21-13-6-4-11(5-7-13)15(19)10-12(16(20)18-17)9-14-3-2-8-22-14/h2-9H,10,17H2,1H3,(H,18,20)/b12-9+. The van der Waals surface area contributed by atoms with Gasteiger partial charge in [0.2, 0.25) is 0 Å². The molecule has 0 atom stereocenters. The summed E-state index contributed by atoms with van der Waals surface area (Å²) in [5.41, 5.74) is 2.73. The zero-order valence-corrected chi connectivity index (χ0v) is 12.0. The molecule has 0 bridgehead atoms. The quantitative estimate of drug-likeness (QED) is 0.279. The van der Waals surface area contributed by atoms with Gasteiger partial charge in [-0.2, -0.15) is 0 Å². The lowest BCUT2D eigenvalue weighted by molar-refractivity contribution is -0.117. The molecule has 0 aliphatic rings. The van der Waals surface area contributed by atoms with E-state index >= 15 is 0 Å². The van der Waals surface area contributed by atoms with Gasteiger partial charge < -0.3 is 9.15 Å². The Morgan fingerprint density at radius 1 is 1.27 bits per heavy atom. The molecule has 0 aliphatic carbocycles. The van der Waals surface area contributed by atoms with Gasteiger partial charge in [-0.25, -0.2) is 5.84 Å². The second kappa shape index (κ2) is 7.24. The molecule has 0 unspecified atom stereocenters. The van der Waals surface area contributed by atoms with Crippen molar-refractivity contribution in [2.75, 3.05) is 7.11 Å². The average Bonchev–Trinajstić information content (AvgIpc) is 3.06. The number of nitrogens with two attached hydrogens (primary N) is 1. The molecule has 0 radical (unpaired) electrons. The Bertz CT molecular complexity index is 673. The molecule has 0 spiro atoms. The number of ether oxygens (including phenoxy) is 1. The summed E-state index contributed by atoms with van der Waals surface area (Å²) in [5.74, 6) is 5.55. The van der Waals surface area contributed by atoms with E-state index in [9.17, 15) is 9.59 Å². The summed E-state index contributed by atoms with van der Waals surface area (Å²) in [6.07, 6.45) is 2.88. The van der Waals surface area contributed by atoms with Gasteiger partial charge in [0.1, 0.15) is 11.5 Å². The lowest BCUT2D eigenvalue weighted by atomic mass is 10.0. The monoisotopic (exact) mass is 300 g/mol. The molecule has 2 aromatic rings. The first kappa shape index (κ1) is 15.5. The molecule has 1 aromatic heterocycles. The molecule has 0 aliphatic heterocycles. The number of hydrogen-bond acceptors (Lipinski definition) is 5. The molecule has 1 amide bonds. The van der Waals surface area contributed by atoms with Crippen LogP contribution in [-0.4, -0.2) is 18.8 Å². The third kappa shape index (κ3) is 3.83. The van der Waals surface area contributed by atoms with E-state index in [1.54, 1.807) is 43.5 Å². The average molecular weight is 300 g/mol. The molecule has 0 fully saturated rings. The number of ketones is 1. The normalized spacial score (nSPS) is 11.1. The van der Waals surface area contributed by atoms with Crippen LogP contribution in [0.25, 0.3) is 6.08 Å². The van der Waals surface area contributed by atoms with Gasteiger partial charge in [-0.3, -0.25) is 15.0 Å². The maximum atomic E-state index is 12.3. The van der Waals surface area contributed by atoms with Gasteiger partial charge in [-0.15, -0.1) is 0 Å². The van der Waals surface area contributed by atoms with Gasteiger partial charge >= 0.3 is 0 Å². The Labute approximate surface area is 127 Å². The summed E-state index contributed by atoms with van der Waals surface area (Å²) in [7, 11) is 1.55. The van der Waals surface area contributed by atoms with Crippen molar-refractivity contribution in [3.05, 3.63) is 59.6 Å². The van der Waals surface area contributed by atoms with Crippen LogP contribution in [0.2, 0.25) is 0 Å². The number of benzene rings is 1. The molecule has 3 N–H and O–H groups in total. The van der Waals surface area contributed by atoms with Gasteiger partial charge in [-0.05, 0) is 42.5 Å². The minimum atomic E-state index is -0.529. The highest BCUT2D eigenvalue weighted by Gasteiger charge is 2.15. The van der Waals surface area contributed by atoms with Crippen molar-refractivity contribution in [1.82, 2.24) is 5.43 Å². The van der Waals surface area contributed by atoms with E-state index in [-0.39, 0.29) is 17.8 Å². The third-order valence-electron chi connectivity index (χ3n) is 3.05. The number of methoxy groups -OCH3 is 1. The number of hydrogen-bond donors (Lipinski definition) is 2. The van der Waals surface area contributed by atoms with Crippen LogP contribution >= 0.6 is 0 Å². The Morgan fingerprint density at radius 2 is 2.00 bits per heavy atom. The van der Waals surface area contributed by atoms with Crippen molar-refractivity contribution in [1.29, 1.82) is 0 Å². The van der Waals surface area contributed by atoms with Crippen molar-refractivity contribution in [3.8, 4) is 5.75 Å². The highest BCUT2D eigenvalue weighted by molar-refractivity contribution is 6.07. The van der Waals surface area contributed by atoms with E-state index in [0.29, 0.717) is 17.1 Å². The van der Waals surface area contributed by atoms with E-state index < -0.39 is 5.91 Å². The Hall–Kier alpha value is -2.86. The summed E-state index contributed by atoms with van der Waals surface area (Å²) >= 11 is 0. The zero-order valence-electron chi connectivity index (χ0n) is 12.0. The molecule has 1 aromatic carbocycles. The highest BCUT2D eigenvalue weighted by Crippen LogP contribution is 2.17. The van der Waals surface area contributed by atoms with E-state index in [2.05, 4.69) is 0 Å². The van der Waals surface area contributed by atoms with Gasteiger partial charge in [0, 0.05) is 17.6 Å². The van der Waals surface area contributed by atoms with Crippen LogP contribution in [0, 0.1) is 0 Å². The minimum Gasteiger partial charge on any atom is -0.497 e. The summed E-state index contributed by atoms with van der Waals surface area (Å²) in [5, 5.41) is 0. The van der Waals surface area contributed by atoms with Crippen molar-refractivity contribution < 1.29 is 18.7 Å². The van der Waals surface area contributed by atoms with Crippen LogP contribution < -0.4 is 16.0 Å². The maximum Gasteiger partial charge on any atom is 0.261 e. The zero-order chi connectivity index (χ0) is 15.9. The lowest BCUT2D eigenvalue weighted by Crippen LogP contribution is -2.32. The SMILES string of the molecule is COc1ccc(C(=O)C/C(=C\c2ccco2)C(=O)NN)cc1. The van der Waals surface area contributed by atoms with Crippen molar-refractivity contribution in [3.63, 3.8) is 0 Å². The number of carbonyl (C=O) groups excluding carboxylic acids is 2. The van der Waals surface area contributed by atoms with E-state index in [1.807, 2.05) is 5.43 Å². The molecule has 0 saturated carbocycles. The lowest BCUT2D eigenvalue weighted by Gasteiger charge is -2.06. The summed E-state index contributed by atoms with van der Waals surface area (Å²) in [6.45, 7) is 0. The van der Waals surface area contributed by atoms with Crippen molar-refractivity contribution >= 4 is 17.8 Å². The molecule has 0 saturated heterocycles. The number of hydrazine groups is 1. The smallest absolute Gasteiger partial charge is 0.261 e. The predicted octanol–water partition coefficient (Wildman–Crippen LogP) is 1.93. The van der Waals surface area contributed by atoms with Crippen LogP contribution in [0.3, 0.4) is 0 Å². The summed E-state index contributed by atoms with van der Waals surface area (Å²) in [4.78, 5) is 24.1.